The van der Waals surface area contributed by atoms with Gasteiger partial charge in [-0.1, -0.05) is 17.7 Å². The zero-order chi connectivity index (χ0) is 8.27. The van der Waals surface area contributed by atoms with Crippen molar-refractivity contribution >= 4 is 18.3 Å². The van der Waals surface area contributed by atoms with Crippen LogP contribution in [0.1, 0.15) is 15.9 Å². The maximum atomic E-state index is 10.9. The number of carbonyl (C=O) groups is 1. The number of rotatable bonds is 1. The van der Waals surface area contributed by atoms with Crippen molar-refractivity contribution in [3.8, 4) is 0 Å². The van der Waals surface area contributed by atoms with Crippen molar-refractivity contribution in [2.24, 2.45) is 5.84 Å². The molecule has 12 heavy (non-hydrogen) atoms. The van der Waals surface area contributed by atoms with Crippen LogP contribution in [-0.2, 0) is 0 Å². The predicted molar refractivity (Wildman–Crippen MR) is 50.1 cm³/mol. The summed E-state index contributed by atoms with van der Waals surface area (Å²) in [5.41, 5.74) is 3.71. The average molecular weight is 187 g/mol. The molecule has 0 fully saturated rings. The molecule has 1 amide bonds. The van der Waals surface area contributed by atoms with E-state index in [0.29, 0.717) is 5.56 Å². The van der Waals surface area contributed by atoms with E-state index in [1.165, 1.54) is 0 Å². The van der Waals surface area contributed by atoms with Crippen LogP contribution in [0.4, 0.5) is 0 Å². The first-order valence-electron chi connectivity index (χ1n) is 3.31. The minimum atomic E-state index is -0.256. The molecule has 0 saturated carbocycles. The molecule has 4 heteroatoms. The van der Waals surface area contributed by atoms with Crippen LogP contribution in [0.2, 0.25) is 0 Å². The lowest BCUT2D eigenvalue weighted by Crippen LogP contribution is -2.29. The molecule has 0 aliphatic carbocycles. The van der Waals surface area contributed by atoms with Gasteiger partial charge >= 0.3 is 0 Å². The number of hydrazine groups is 1. The van der Waals surface area contributed by atoms with Gasteiger partial charge in [0.25, 0.3) is 5.91 Å². The summed E-state index contributed by atoms with van der Waals surface area (Å²) >= 11 is 0. The minimum Gasteiger partial charge on any atom is -0.290 e. The topological polar surface area (TPSA) is 55.1 Å². The molecule has 0 aromatic heterocycles. The smallest absolute Gasteiger partial charge is 0.265 e. The Morgan fingerprint density at radius 2 is 2.17 bits per heavy atom. The fraction of sp³-hybridized carbons (Fsp3) is 0.125. The van der Waals surface area contributed by atoms with Crippen LogP contribution in [-0.4, -0.2) is 5.91 Å². The molecule has 3 N–H and O–H groups in total. The predicted octanol–water partition coefficient (Wildman–Crippen LogP) is 1.02. The molecule has 66 valence electrons. The highest BCUT2D eigenvalue weighted by atomic mass is 35.5. The second-order valence-electron chi connectivity index (χ2n) is 2.34. The Bertz CT molecular complexity index is 276. The lowest BCUT2D eigenvalue weighted by atomic mass is 10.1. The molecule has 0 spiro atoms. The maximum absolute atomic E-state index is 10.9. The van der Waals surface area contributed by atoms with Crippen molar-refractivity contribution in [1.82, 2.24) is 5.43 Å². The number of carbonyl (C=O) groups excluding carboxylic acids is 1. The first-order valence-corrected chi connectivity index (χ1v) is 3.31. The maximum Gasteiger partial charge on any atom is 0.265 e. The average Bonchev–Trinajstić information content (AvgIpc) is 2.03. The highest BCUT2D eigenvalue weighted by Crippen LogP contribution is 2.02. The standard InChI is InChI=1S/C8H10N2O.ClH/c1-6-3-2-4-7(5-6)8(11)10-9;/h2-5H,9H2,1H3,(H,10,11);1H. The van der Waals surface area contributed by atoms with E-state index in [9.17, 15) is 4.79 Å². The molecule has 3 nitrogen and oxygen atoms in total. The van der Waals surface area contributed by atoms with E-state index in [2.05, 4.69) is 5.43 Å². The number of hydrogen-bond donors (Lipinski definition) is 2. The molecule has 0 aliphatic heterocycles. The van der Waals surface area contributed by atoms with E-state index in [0.717, 1.165) is 5.56 Å². The molecule has 0 heterocycles. The molecule has 1 rings (SSSR count). The Hall–Kier alpha value is -1.06. The number of nitrogens with one attached hydrogen (secondary N) is 1. The van der Waals surface area contributed by atoms with Crippen molar-refractivity contribution < 1.29 is 4.79 Å². The van der Waals surface area contributed by atoms with Gasteiger partial charge in [0.05, 0.1) is 0 Å². The third-order valence-electron chi connectivity index (χ3n) is 1.41. The third-order valence-corrected chi connectivity index (χ3v) is 1.41. The van der Waals surface area contributed by atoms with Crippen molar-refractivity contribution in [3.63, 3.8) is 0 Å². The monoisotopic (exact) mass is 186 g/mol. The molecular weight excluding hydrogens is 176 g/mol. The van der Waals surface area contributed by atoms with Crippen LogP contribution in [0.25, 0.3) is 0 Å². The van der Waals surface area contributed by atoms with E-state index in [4.69, 9.17) is 5.84 Å². The molecule has 1 aromatic carbocycles. The Balaban J connectivity index is 0.00000121. The molecule has 0 aliphatic rings. The van der Waals surface area contributed by atoms with Crippen molar-refractivity contribution in [2.75, 3.05) is 0 Å². The van der Waals surface area contributed by atoms with E-state index >= 15 is 0 Å². The minimum absolute atomic E-state index is 0. The van der Waals surface area contributed by atoms with Gasteiger partial charge in [0.1, 0.15) is 0 Å². The number of halogens is 1. The molecule has 0 bridgehead atoms. The number of nitrogens with two attached hydrogens (primary N) is 1. The Morgan fingerprint density at radius 3 is 2.67 bits per heavy atom. The van der Waals surface area contributed by atoms with Gasteiger partial charge in [-0.3, -0.25) is 10.2 Å². The summed E-state index contributed by atoms with van der Waals surface area (Å²) in [6, 6.07) is 7.24. The summed E-state index contributed by atoms with van der Waals surface area (Å²) in [4.78, 5) is 10.9. The second-order valence-corrected chi connectivity index (χ2v) is 2.34. The zero-order valence-corrected chi connectivity index (χ0v) is 7.52. The van der Waals surface area contributed by atoms with Gasteiger partial charge in [0.2, 0.25) is 0 Å². The number of nitrogen functional groups attached to an aromatic ring is 1. The Labute approximate surface area is 77.3 Å². The number of hydrogen-bond acceptors (Lipinski definition) is 2. The van der Waals surface area contributed by atoms with E-state index < -0.39 is 0 Å². The van der Waals surface area contributed by atoms with Crippen LogP contribution in [0.5, 0.6) is 0 Å². The van der Waals surface area contributed by atoms with Gasteiger partial charge in [0, 0.05) is 5.56 Å². The van der Waals surface area contributed by atoms with Crippen LogP contribution >= 0.6 is 12.4 Å². The molecule has 0 radical (unpaired) electrons. The molecule has 0 atom stereocenters. The van der Waals surface area contributed by atoms with Gasteiger partial charge in [-0.05, 0) is 19.1 Å². The summed E-state index contributed by atoms with van der Waals surface area (Å²) in [6.07, 6.45) is 0. The summed E-state index contributed by atoms with van der Waals surface area (Å²) in [5, 5.41) is 0. The van der Waals surface area contributed by atoms with Crippen LogP contribution < -0.4 is 11.3 Å². The summed E-state index contributed by atoms with van der Waals surface area (Å²) < 4.78 is 0. The van der Waals surface area contributed by atoms with E-state index in [1.54, 1.807) is 12.1 Å². The number of aryl methyl sites for hydroxylation is 1. The Morgan fingerprint density at radius 1 is 1.50 bits per heavy atom. The van der Waals surface area contributed by atoms with E-state index in [-0.39, 0.29) is 18.3 Å². The van der Waals surface area contributed by atoms with Gasteiger partial charge in [-0.15, -0.1) is 12.4 Å². The fourth-order valence-electron chi connectivity index (χ4n) is 0.870. The lowest BCUT2D eigenvalue weighted by Gasteiger charge is -1.98. The fourth-order valence-corrected chi connectivity index (χ4v) is 0.870. The highest BCUT2D eigenvalue weighted by Gasteiger charge is 2.00. The Kier molecular flexibility index (Phi) is 4.33. The SMILES string of the molecule is Cc1cccc(C(=O)NN)c1.Cl. The molecule has 0 unspecified atom stereocenters. The lowest BCUT2D eigenvalue weighted by molar-refractivity contribution is 0.0953. The highest BCUT2D eigenvalue weighted by molar-refractivity contribution is 5.93. The number of benzene rings is 1. The van der Waals surface area contributed by atoms with Crippen LogP contribution in [0.15, 0.2) is 24.3 Å². The molecule has 1 aromatic rings. The first kappa shape index (κ1) is 10.9. The quantitative estimate of drug-likeness (QED) is 0.391. The van der Waals surface area contributed by atoms with Gasteiger partial charge in [-0.25, -0.2) is 5.84 Å². The van der Waals surface area contributed by atoms with Gasteiger partial charge in [-0.2, -0.15) is 0 Å². The van der Waals surface area contributed by atoms with Crippen molar-refractivity contribution in [1.29, 1.82) is 0 Å². The van der Waals surface area contributed by atoms with Crippen molar-refractivity contribution in [3.05, 3.63) is 35.4 Å². The van der Waals surface area contributed by atoms with E-state index in [1.807, 2.05) is 19.1 Å². The summed E-state index contributed by atoms with van der Waals surface area (Å²) in [6.45, 7) is 1.92. The zero-order valence-electron chi connectivity index (χ0n) is 6.70. The van der Waals surface area contributed by atoms with Crippen LogP contribution in [0.3, 0.4) is 0 Å². The summed E-state index contributed by atoms with van der Waals surface area (Å²) in [5.74, 6) is 4.70. The molecule has 0 saturated heterocycles. The normalized spacial score (nSPS) is 8.50. The van der Waals surface area contributed by atoms with Gasteiger partial charge < -0.3 is 0 Å². The van der Waals surface area contributed by atoms with Crippen LogP contribution in [0, 0.1) is 6.92 Å². The third kappa shape index (κ3) is 2.53. The largest absolute Gasteiger partial charge is 0.290 e. The number of amides is 1. The molecular formula is C8H11ClN2O. The second kappa shape index (κ2) is 4.74. The van der Waals surface area contributed by atoms with Crippen molar-refractivity contribution in [2.45, 2.75) is 6.92 Å². The first-order chi connectivity index (χ1) is 5.24. The van der Waals surface area contributed by atoms with Gasteiger partial charge in [0.15, 0.2) is 0 Å². The summed E-state index contributed by atoms with van der Waals surface area (Å²) in [7, 11) is 0.